The van der Waals surface area contributed by atoms with Gasteiger partial charge in [-0.25, -0.2) is 4.18 Å². The van der Waals surface area contributed by atoms with Gasteiger partial charge in [-0.05, 0) is 6.42 Å². The molecule has 35 heavy (non-hydrogen) atoms. The van der Waals surface area contributed by atoms with Gasteiger partial charge in [0.1, 0.15) is 24.4 Å². The summed E-state index contributed by atoms with van der Waals surface area (Å²) in [6.07, 6.45) is -7.76. The van der Waals surface area contributed by atoms with Crippen molar-refractivity contribution >= 4 is 32.3 Å². The van der Waals surface area contributed by atoms with Crippen LogP contribution in [0.1, 0.15) is 13.3 Å². The van der Waals surface area contributed by atoms with Crippen LogP contribution in [-0.2, 0) is 43.8 Å². The average Bonchev–Trinajstić information content (AvgIpc) is 3.13. The smallest absolute Gasteiger partial charge is 0.395 e. The predicted molar refractivity (Wildman–Crippen MR) is 112 cm³/mol. The quantitative estimate of drug-likeness (QED) is 0.112. The Bertz CT molecular complexity index is 961. The molecule has 0 aromatic heterocycles. The molecule has 1 unspecified atom stereocenters. The highest BCUT2D eigenvalue weighted by Crippen LogP contribution is 2.29. The normalized spacial score (nSPS) is 33.9. The van der Waals surface area contributed by atoms with E-state index in [1.165, 1.54) is 0 Å². The number of ether oxygens (including phenoxy) is 2. The van der Waals surface area contributed by atoms with Crippen molar-refractivity contribution < 1.29 is 64.5 Å². The SMILES string of the molecule is CC(=O)N[C@H]1[C@H](O[C@@H]2C[C@@H](C(=O)NCCS(=O)(=O)O)NC2CO)O[C@H](CO)[C@@H](OS(=O)(=O)O)[C@@H]1O. The molecule has 0 aliphatic carbocycles. The fourth-order valence-corrected chi connectivity index (χ4v) is 4.64. The minimum absolute atomic E-state index is 0.0829. The van der Waals surface area contributed by atoms with Crippen LogP contribution in [0.25, 0.3) is 0 Å². The first-order valence-corrected chi connectivity index (χ1v) is 13.2. The third-order valence-electron chi connectivity index (χ3n) is 5.27. The number of carbonyl (C=O) groups is 2. The summed E-state index contributed by atoms with van der Waals surface area (Å²) in [6.45, 7) is -0.700. The van der Waals surface area contributed by atoms with Crippen LogP contribution < -0.4 is 16.0 Å². The maximum Gasteiger partial charge on any atom is 0.397 e. The van der Waals surface area contributed by atoms with E-state index >= 15 is 0 Å². The Hall–Kier alpha value is -1.52. The van der Waals surface area contributed by atoms with Gasteiger partial charge in [0, 0.05) is 13.5 Å². The van der Waals surface area contributed by atoms with Crippen molar-refractivity contribution in [1.29, 1.82) is 0 Å². The van der Waals surface area contributed by atoms with Gasteiger partial charge in [0.05, 0.1) is 37.2 Å². The van der Waals surface area contributed by atoms with Crippen molar-refractivity contribution in [1.82, 2.24) is 16.0 Å². The molecule has 19 heteroatoms. The van der Waals surface area contributed by atoms with Crippen LogP contribution in [0, 0.1) is 0 Å². The van der Waals surface area contributed by atoms with E-state index in [2.05, 4.69) is 20.1 Å². The number of hydrogen-bond acceptors (Lipinski definition) is 13. The Morgan fingerprint density at radius 1 is 1.14 bits per heavy atom. The molecule has 204 valence electrons. The fraction of sp³-hybridized carbons (Fsp3) is 0.875. The molecular weight excluding hydrogens is 522 g/mol. The molecule has 0 aromatic rings. The van der Waals surface area contributed by atoms with Gasteiger partial charge in [0.25, 0.3) is 10.1 Å². The van der Waals surface area contributed by atoms with Gasteiger partial charge in [-0.15, -0.1) is 0 Å². The lowest BCUT2D eigenvalue weighted by Gasteiger charge is -2.44. The first-order chi connectivity index (χ1) is 16.1. The van der Waals surface area contributed by atoms with Crippen LogP contribution in [0.3, 0.4) is 0 Å². The summed E-state index contributed by atoms with van der Waals surface area (Å²) in [6, 6.07) is -3.27. The number of amides is 2. The average molecular weight is 552 g/mol. The maximum absolute atomic E-state index is 12.3. The summed E-state index contributed by atoms with van der Waals surface area (Å²) < 4.78 is 77.3. The van der Waals surface area contributed by atoms with Crippen molar-refractivity contribution in [2.24, 2.45) is 0 Å². The second-order valence-corrected chi connectivity index (χ2v) is 10.5. The first kappa shape index (κ1) is 29.7. The van der Waals surface area contributed by atoms with Crippen molar-refractivity contribution in [3.8, 4) is 0 Å². The third-order valence-corrected chi connectivity index (χ3v) is 6.45. The van der Waals surface area contributed by atoms with E-state index in [9.17, 15) is 41.7 Å². The third kappa shape index (κ3) is 8.82. The summed E-state index contributed by atoms with van der Waals surface area (Å²) >= 11 is 0. The minimum Gasteiger partial charge on any atom is -0.395 e. The molecule has 0 radical (unpaired) electrons. The largest absolute Gasteiger partial charge is 0.397 e. The second kappa shape index (κ2) is 12.1. The van der Waals surface area contributed by atoms with Crippen LogP contribution in [-0.4, -0.2) is 127 Å². The summed E-state index contributed by atoms with van der Waals surface area (Å²) in [7, 11) is -9.38. The summed E-state index contributed by atoms with van der Waals surface area (Å²) in [5.41, 5.74) is 0. The number of aliphatic hydroxyl groups is 3. The Morgan fingerprint density at radius 3 is 2.31 bits per heavy atom. The number of aliphatic hydroxyl groups excluding tert-OH is 3. The molecule has 0 spiro atoms. The second-order valence-electron chi connectivity index (χ2n) is 7.93. The van der Waals surface area contributed by atoms with Gasteiger partial charge >= 0.3 is 10.4 Å². The Kier molecular flexibility index (Phi) is 10.3. The van der Waals surface area contributed by atoms with Crippen LogP contribution in [0.15, 0.2) is 0 Å². The van der Waals surface area contributed by atoms with Crippen molar-refractivity contribution in [3.05, 3.63) is 0 Å². The van der Waals surface area contributed by atoms with E-state index in [0.29, 0.717) is 0 Å². The molecule has 8 atom stereocenters. The fourth-order valence-electron chi connectivity index (χ4n) is 3.76. The lowest BCUT2D eigenvalue weighted by molar-refractivity contribution is -0.279. The highest BCUT2D eigenvalue weighted by Gasteiger charge is 2.50. The van der Waals surface area contributed by atoms with Gasteiger partial charge in [-0.1, -0.05) is 0 Å². The zero-order valence-electron chi connectivity index (χ0n) is 18.4. The van der Waals surface area contributed by atoms with E-state index in [-0.39, 0.29) is 13.0 Å². The lowest BCUT2D eigenvalue weighted by atomic mass is 9.96. The molecule has 0 aromatic carbocycles. The highest BCUT2D eigenvalue weighted by molar-refractivity contribution is 7.85. The van der Waals surface area contributed by atoms with Crippen molar-refractivity contribution in [3.63, 3.8) is 0 Å². The van der Waals surface area contributed by atoms with Crippen LogP contribution in [0.2, 0.25) is 0 Å². The molecule has 2 rings (SSSR count). The number of rotatable bonds is 11. The van der Waals surface area contributed by atoms with Gasteiger partial charge in [0.2, 0.25) is 11.8 Å². The molecule has 2 aliphatic heterocycles. The lowest BCUT2D eigenvalue weighted by Crippen LogP contribution is -2.66. The zero-order chi connectivity index (χ0) is 26.6. The highest BCUT2D eigenvalue weighted by atomic mass is 32.3. The Balaban J connectivity index is 2.15. The van der Waals surface area contributed by atoms with E-state index in [1.54, 1.807) is 0 Å². The van der Waals surface area contributed by atoms with E-state index in [1.807, 2.05) is 0 Å². The molecule has 17 nitrogen and oxygen atoms in total. The molecule has 2 fully saturated rings. The zero-order valence-corrected chi connectivity index (χ0v) is 20.0. The predicted octanol–water partition coefficient (Wildman–Crippen LogP) is -5.13. The molecule has 8 N–H and O–H groups in total. The Morgan fingerprint density at radius 2 is 1.80 bits per heavy atom. The topological polar surface area (TPSA) is 267 Å². The molecule has 0 bridgehead atoms. The number of nitrogens with one attached hydrogen (secondary N) is 3. The molecule has 2 saturated heterocycles. The monoisotopic (exact) mass is 551 g/mol. The van der Waals surface area contributed by atoms with Crippen LogP contribution >= 0.6 is 0 Å². The molecular formula is C16H29N3O14S2. The van der Waals surface area contributed by atoms with Gasteiger partial charge < -0.3 is 35.4 Å². The molecule has 2 aliphatic rings. The minimum atomic E-state index is -5.08. The summed E-state index contributed by atoms with van der Waals surface area (Å²) in [5, 5.41) is 37.3. The van der Waals surface area contributed by atoms with Gasteiger partial charge in [-0.2, -0.15) is 16.8 Å². The van der Waals surface area contributed by atoms with Gasteiger partial charge in [-0.3, -0.25) is 24.0 Å². The molecule has 2 amide bonds. The van der Waals surface area contributed by atoms with Gasteiger partial charge in [0.15, 0.2) is 6.29 Å². The van der Waals surface area contributed by atoms with Crippen molar-refractivity contribution in [2.45, 2.75) is 62.2 Å². The van der Waals surface area contributed by atoms with E-state index < -0.39 is 100 Å². The summed E-state index contributed by atoms with van der Waals surface area (Å²) in [4.78, 5) is 24.0. The standard InChI is InChI=1S/C16H29N3O14S2/c1-7(22)18-12-13(23)14(33-35(28,29)30)11(6-21)32-16(12)31-10-4-8(19-9(10)5-20)15(24)17-2-3-34(25,26)27/h8-14,16,19-21,23H,2-6H2,1H3,(H,17,24)(H,18,22)(H,25,26,27)(H,28,29,30)/t8-,9?,10+,11+,12+,13+,14+,16+/m0/s1. The number of hydrogen-bond donors (Lipinski definition) is 8. The van der Waals surface area contributed by atoms with Crippen molar-refractivity contribution in [2.75, 3.05) is 25.5 Å². The van der Waals surface area contributed by atoms with E-state index in [4.69, 9.17) is 18.6 Å². The van der Waals surface area contributed by atoms with Crippen LogP contribution in [0.5, 0.6) is 0 Å². The number of carbonyl (C=O) groups excluding carboxylic acids is 2. The van der Waals surface area contributed by atoms with E-state index in [0.717, 1.165) is 6.92 Å². The molecule has 2 heterocycles. The molecule has 0 saturated carbocycles. The maximum atomic E-state index is 12.3. The first-order valence-electron chi connectivity index (χ1n) is 10.3. The van der Waals surface area contributed by atoms with Crippen LogP contribution in [0.4, 0.5) is 0 Å². The Labute approximate surface area is 200 Å². The summed E-state index contributed by atoms with van der Waals surface area (Å²) in [5.74, 6) is -2.05.